The van der Waals surface area contributed by atoms with Crippen LogP contribution in [0.4, 0.5) is 0 Å². The zero-order valence-corrected chi connectivity index (χ0v) is 9.87. The fourth-order valence-electron chi connectivity index (χ4n) is 3.08. The van der Waals surface area contributed by atoms with Gasteiger partial charge in [0.15, 0.2) is 0 Å². The molecule has 84 valence electrons. The van der Waals surface area contributed by atoms with Crippen molar-refractivity contribution in [2.24, 2.45) is 17.3 Å². The molecule has 1 N–H and O–H groups in total. The van der Waals surface area contributed by atoms with E-state index < -0.39 is 0 Å². The van der Waals surface area contributed by atoms with Gasteiger partial charge in [-0.05, 0) is 48.5 Å². The van der Waals surface area contributed by atoms with Crippen molar-refractivity contribution in [2.75, 3.05) is 0 Å². The number of aliphatic hydroxyl groups is 1. The molecule has 1 fully saturated rings. The van der Waals surface area contributed by atoms with Crippen molar-refractivity contribution in [1.82, 2.24) is 0 Å². The molecule has 2 aliphatic rings. The summed E-state index contributed by atoms with van der Waals surface area (Å²) in [5.41, 5.74) is 1.81. The Morgan fingerprint density at radius 2 is 2.33 bits per heavy atom. The van der Waals surface area contributed by atoms with Gasteiger partial charge in [-0.25, -0.2) is 0 Å². The monoisotopic (exact) mass is 206 g/mol. The Morgan fingerprint density at radius 3 is 2.93 bits per heavy atom. The molecule has 0 radical (unpaired) electrons. The number of fused-ring (bicyclic) bond motifs is 1. The van der Waals surface area contributed by atoms with E-state index in [1.165, 1.54) is 12.0 Å². The third kappa shape index (κ3) is 1.90. The second-order valence-corrected chi connectivity index (χ2v) is 5.64. The molecule has 0 aromatic carbocycles. The molecule has 1 saturated carbocycles. The smallest absolute Gasteiger partial charge is 0.0753 e. The lowest BCUT2D eigenvalue weighted by molar-refractivity contribution is 0.193. The molecule has 3 atom stereocenters. The van der Waals surface area contributed by atoms with Gasteiger partial charge in [0.05, 0.1) is 6.10 Å². The van der Waals surface area contributed by atoms with Crippen LogP contribution in [0.3, 0.4) is 0 Å². The summed E-state index contributed by atoms with van der Waals surface area (Å²) < 4.78 is 0. The number of hydrogen-bond donors (Lipinski definition) is 1. The molecule has 0 bridgehead atoms. The highest BCUT2D eigenvalue weighted by molar-refractivity contribution is 5.22. The van der Waals surface area contributed by atoms with Gasteiger partial charge >= 0.3 is 0 Å². The van der Waals surface area contributed by atoms with Crippen LogP contribution in [0, 0.1) is 17.3 Å². The molecule has 0 heterocycles. The average molecular weight is 206 g/mol. The first-order valence-corrected chi connectivity index (χ1v) is 6.05. The fraction of sp³-hybridized carbons (Fsp3) is 0.714. The molecule has 0 aliphatic heterocycles. The maximum atomic E-state index is 10.00. The maximum Gasteiger partial charge on any atom is 0.0753 e. The first-order chi connectivity index (χ1) is 7.07. The highest BCUT2D eigenvalue weighted by Gasteiger charge is 2.57. The van der Waals surface area contributed by atoms with Crippen LogP contribution in [0.15, 0.2) is 24.3 Å². The number of allylic oxidation sites excluding steroid dienone is 2. The van der Waals surface area contributed by atoms with Gasteiger partial charge in [0.25, 0.3) is 0 Å². The van der Waals surface area contributed by atoms with Gasteiger partial charge in [0.1, 0.15) is 0 Å². The summed E-state index contributed by atoms with van der Waals surface area (Å²) in [7, 11) is 0. The molecule has 2 aliphatic carbocycles. The van der Waals surface area contributed by atoms with Crippen molar-refractivity contribution in [3.05, 3.63) is 24.3 Å². The van der Waals surface area contributed by atoms with Crippen LogP contribution >= 0.6 is 0 Å². The lowest BCUT2D eigenvalue weighted by Gasteiger charge is -2.17. The Morgan fingerprint density at radius 1 is 1.60 bits per heavy atom. The third-order valence-electron chi connectivity index (χ3n) is 4.45. The van der Waals surface area contributed by atoms with Crippen LogP contribution in [0.1, 0.15) is 39.5 Å². The predicted molar refractivity (Wildman–Crippen MR) is 63.5 cm³/mol. The van der Waals surface area contributed by atoms with Crippen LogP contribution in [0.25, 0.3) is 0 Å². The highest BCUT2D eigenvalue weighted by atomic mass is 16.3. The quantitative estimate of drug-likeness (QED) is 0.700. The van der Waals surface area contributed by atoms with E-state index in [0.29, 0.717) is 5.41 Å². The summed E-state index contributed by atoms with van der Waals surface area (Å²) in [4.78, 5) is 0. The molecule has 1 heteroatoms. The van der Waals surface area contributed by atoms with Gasteiger partial charge in [-0.1, -0.05) is 26.0 Å². The van der Waals surface area contributed by atoms with Crippen LogP contribution in [0.5, 0.6) is 0 Å². The Balaban J connectivity index is 1.91. The Hall–Kier alpha value is -0.560. The largest absolute Gasteiger partial charge is 0.389 e. The summed E-state index contributed by atoms with van der Waals surface area (Å²) in [6.45, 7) is 8.41. The van der Waals surface area contributed by atoms with Crippen LogP contribution in [0.2, 0.25) is 0 Å². The number of hydrogen-bond acceptors (Lipinski definition) is 1. The van der Waals surface area contributed by atoms with Gasteiger partial charge in [0, 0.05) is 0 Å². The van der Waals surface area contributed by atoms with E-state index in [1.54, 1.807) is 0 Å². The fourth-order valence-corrected chi connectivity index (χ4v) is 3.08. The number of rotatable bonds is 4. The van der Waals surface area contributed by atoms with E-state index in [4.69, 9.17) is 0 Å². The van der Waals surface area contributed by atoms with E-state index >= 15 is 0 Å². The first kappa shape index (κ1) is 10.9. The molecule has 2 rings (SSSR count). The van der Waals surface area contributed by atoms with Crippen LogP contribution in [-0.4, -0.2) is 11.2 Å². The minimum absolute atomic E-state index is 0.222. The Labute approximate surface area is 92.9 Å². The van der Waals surface area contributed by atoms with Crippen molar-refractivity contribution in [3.63, 3.8) is 0 Å². The van der Waals surface area contributed by atoms with Crippen LogP contribution < -0.4 is 0 Å². The van der Waals surface area contributed by atoms with Crippen molar-refractivity contribution < 1.29 is 5.11 Å². The minimum Gasteiger partial charge on any atom is -0.389 e. The molecule has 0 amide bonds. The maximum absolute atomic E-state index is 10.00. The number of aliphatic hydroxyl groups excluding tert-OH is 1. The van der Waals surface area contributed by atoms with Crippen molar-refractivity contribution in [1.29, 1.82) is 0 Å². The first-order valence-electron chi connectivity index (χ1n) is 6.05. The highest BCUT2D eigenvalue weighted by Crippen LogP contribution is 2.64. The van der Waals surface area contributed by atoms with Gasteiger partial charge in [-0.2, -0.15) is 0 Å². The lowest BCUT2D eigenvalue weighted by atomic mass is 9.93. The molecule has 3 unspecified atom stereocenters. The molecule has 0 saturated heterocycles. The minimum atomic E-state index is -0.222. The van der Waals surface area contributed by atoms with E-state index in [-0.39, 0.29) is 6.10 Å². The zero-order valence-electron chi connectivity index (χ0n) is 9.87. The summed E-state index contributed by atoms with van der Waals surface area (Å²) in [6, 6.07) is 0. The van der Waals surface area contributed by atoms with Crippen LogP contribution in [-0.2, 0) is 0 Å². The zero-order chi connectivity index (χ0) is 11.1. The molecular formula is C14H22O. The molecule has 0 aromatic rings. The van der Waals surface area contributed by atoms with E-state index in [9.17, 15) is 5.11 Å². The molecule has 15 heavy (non-hydrogen) atoms. The molecule has 0 aromatic heterocycles. The lowest BCUT2D eigenvalue weighted by Crippen LogP contribution is -2.13. The topological polar surface area (TPSA) is 20.2 Å². The van der Waals surface area contributed by atoms with Crippen molar-refractivity contribution >= 4 is 0 Å². The summed E-state index contributed by atoms with van der Waals surface area (Å²) in [5, 5.41) is 10.00. The second kappa shape index (κ2) is 3.79. The van der Waals surface area contributed by atoms with E-state index in [2.05, 4.69) is 26.5 Å². The predicted octanol–water partition coefficient (Wildman–Crippen LogP) is 3.31. The van der Waals surface area contributed by atoms with Gasteiger partial charge in [-0.3, -0.25) is 0 Å². The normalized spacial score (nSPS) is 33.9. The Kier molecular flexibility index (Phi) is 2.76. The summed E-state index contributed by atoms with van der Waals surface area (Å²) in [5.74, 6) is 1.71. The van der Waals surface area contributed by atoms with Gasteiger partial charge < -0.3 is 5.11 Å². The molecule has 0 spiro atoms. The average Bonchev–Trinajstić information content (AvgIpc) is 2.78. The van der Waals surface area contributed by atoms with E-state index in [0.717, 1.165) is 31.1 Å². The standard InChI is InChI=1S/C14H22O/c1-4-5-6-13(15)10-7-8-11-12(9-10)14(11,2)3/h4,7,11-13,15H,1,5-6,8-9H2,2-3H3. The summed E-state index contributed by atoms with van der Waals surface area (Å²) in [6.07, 6.45) is 8.00. The van der Waals surface area contributed by atoms with E-state index in [1.807, 2.05) is 6.08 Å². The molecule has 1 nitrogen and oxygen atoms in total. The molecular weight excluding hydrogens is 184 g/mol. The third-order valence-corrected chi connectivity index (χ3v) is 4.45. The van der Waals surface area contributed by atoms with Crippen molar-refractivity contribution in [2.45, 2.75) is 45.6 Å². The second-order valence-electron chi connectivity index (χ2n) is 5.64. The Bertz CT molecular complexity index is 288. The van der Waals surface area contributed by atoms with Gasteiger partial charge in [0.2, 0.25) is 0 Å². The van der Waals surface area contributed by atoms with Crippen molar-refractivity contribution in [3.8, 4) is 0 Å². The van der Waals surface area contributed by atoms with Gasteiger partial charge in [-0.15, -0.1) is 6.58 Å². The SMILES string of the molecule is C=CCCC(O)C1=CCC2C(C1)C2(C)C. The summed E-state index contributed by atoms with van der Waals surface area (Å²) >= 11 is 0.